The number of fused-ring (bicyclic) bond motifs is 6. The molecule has 13 nitrogen and oxygen atoms in total. The molecule has 0 fully saturated rings. The van der Waals surface area contributed by atoms with Crippen LogP contribution in [-0.2, 0) is 19.9 Å². The molecule has 0 saturated carbocycles. The van der Waals surface area contributed by atoms with E-state index in [1.807, 2.05) is 48.5 Å². The van der Waals surface area contributed by atoms with Gasteiger partial charge in [0.2, 0.25) is 0 Å². The number of alkyl carbamates (subject to hydrolysis) is 2. The van der Waals surface area contributed by atoms with Gasteiger partial charge in [-0.15, -0.1) is 0 Å². The van der Waals surface area contributed by atoms with Gasteiger partial charge in [-0.05, 0) is 81.6 Å². The van der Waals surface area contributed by atoms with E-state index < -0.39 is 16.4 Å². The molecule has 6 N–H and O–H groups in total. The summed E-state index contributed by atoms with van der Waals surface area (Å²) in [5.74, 6) is -1.05. The number of hydrogen-bond acceptors (Lipinski definition) is 8. The first-order chi connectivity index (χ1) is 29.1. The fourth-order valence-electron chi connectivity index (χ4n) is 6.66. The molecule has 2 aliphatic rings. The number of phenols is 1. The number of aromatic carboxylic acids is 1. The van der Waals surface area contributed by atoms with Gasteiger partial charge in [-0.25, -0.2) is 14.4 Å². The van der Waals surface area contributed by atoms with Gasteiger partial charge in [0.25, 0.3) is 0 Å². The predicted molar refractivity (Wildman–Crippen MR) is 233 cm³/mol. The van der Waals surface area contributed by atoms with Crippen molar-refractivity contribution >= 4 is 28.6 Å². The number of carboxylic acids is 1. The first-order valence-corrected chi connectivity index (χ1v) is 20.3. The molecule has 318 valence electrons. The number of carbonyl (C=O) groups excluding carboxylic acids is 2. The van der Waals surface area contributed by atoms with Crippen LogP contribution in [-0.4, -0.2) is 73.2 Å². The third kappa shape index (κ3) is 13.5. The smallest absolute Gasteiger partial charge is 0.406 e. The molecule has 61 heavy (non-hydrogen) atoms. The van der Waals surface area contributed by atoms with Crippen LogP contribution in [0.25, 0.3) is 22.3 Å². The quantitative estimate of drug-likeness (QED) is 0.0902. The molecular formula is C47H48N2O11S. The highest BCUT2D eigenvalue weighted by Gasteiger charge is 2.30. The van der Waals surface area contributed by atoms with Gasteiger partial charge < -0.3 is 30.3 Å². The number of amides is 2. The van der Waals surface area contributed by atoms with Gasteiger partial charge in [0.05, 0.1) is 0 Å². The number of rotatable bonds is 5. The Labute approximate surface area is 355 Å². The average Bonchev–Trinajstić information content (AvgIpc) is 3.75. The maximum absolute atomic E-state index is 11.3. The highest BCUT2D eigenvalue weighted by atomic mass is 32.3. The van der Waals surface area contributed by atoms with Crippen molar-refractivity contribution in [2.24, 2.45) is 0 Å². The lowest BCUT2D eigenvalue weighted by atomic mass is 9.98. The van der Waals surface area contributed by atoms with Crippen LogP contribution in [0.3, 0.4) is 0 Å². The molecule has 0 aliphatic heterocycles. The summed E-state index contributed by atoms with van der Waals surface area (Å²) >= 11 is 0. The number of nitrogens with one attached hydrogen (secondary N) is 2. The minimum absolute atomic E-state index is 0.0671. The number of aromatic hydroxyl groups is 1. The first kappa shape index (κ1) is 46.7. The van der Waals surface area contributed by atoms with E-state index in [0.717, 1.165) is 0 Å². The Kier molecular flexibility index (Phi) is 17.1. The Balaban J connectivity index is 0.000000182. The van der Waals surface area contributed by atoms with Crippen LogP contribution in [0.15, 0.2) is 146 Å². The largest absolute Gasteiger partial charge is 0.507 e. The van der Waals surface area contributed by atoms with Crippen LogP contribution in [0.4, 0.5) is 9.59 Å². The van der Waals surface area contributed by atoms with Crippen LogP contribution < -0.4 is 10.6 Å². The fourth-order valence-corrected chi connectivity index (χ4v) is 6.66. The van der Waals surface area contributed by atoms with Gasteiger partial charge in [-0.2, -0.15) is 8.42 Å². The molecule has 0 spiro atoms. The second-order valence-electron chi connectivity index (χ2n) is 13.5. The first-order valence-electron chi connectivity index (χ1n) is 18.9. The summed E-state index contributed by atoms with van der Waals surface area (Å²) in [5, 5.41) is 22.3. The summed E-state index contributed by atoms with van der Waals surface area (Å²) in [6, 6.07) is 47.3. The lowest BCUT2D eigenvalue weighted by molar-refractivity contribution is 0.0693. The number of carboxylic acid groups (broad SMARTS) is 1. The van der Waals surface area contributed by atoms with Crippen molar-refractivity contribution in [1.82, 2.24) is 10.6 Å². The summed E-state index contributed by atoms with van der Waals surface area (Å²) in [7, 11) is -1.53. The van der Waals surface area contributed by atoms with Gasteiger partial charge in [0, 0.05) is 25.9 Å². The van der Waals surface area contributed by atoms with Gasteiger partial charge in [-0.1, -0.05) is 133 Å². The molecule has 0 atom stereocenters. The van der Waals surface area contributed by atoms with Crippen molar-refractivity contribution in [1.29, 1.82) is 0 Å². The van der Waals surface area contributed by atoms with Crippen molar-refractivity contribution < 1.29 is 51.6 Å². The van der Waals surface area contributed by atoms with Gasteiger partial charge in [-0.3, -0.25) is 9.11 Å². The molecule has 2 aliphatic carbocycles. The molecule has 0 saturated heterocycles. The van der Waals surface area contributed by atoms with E-state index in [4.69, 9.17) is 37.2 Å². The molecular weight excluding hydrogens is 801 g/mol. The molecule has 8 rings (SSSR count). The van der Waals surface area contributed by atoms with Crippen LogP contribution in [0.5, 0.6) is 5.75 Å². The van der Waals surface area contributed by atoms with Crippen LogP contribution in [0.2, 0.25) is 0 Å². The minimum atomic E-state index is -4.67. The van der Waals surface area contributed by atoms with Crippen molar-refractivity contribution in [2.45, 2.75) is 25.7 Å². The van der Waals surface area contributed by atoms with Gasteiger partial charge >= 0.3 is 28.6 Å². The lowest BCUT2D eigenvalue weighted by Gasteiger charge is -2.13. The summed E-state index contributed by atoms with van der Waals surface area (Å²) in [6.07, 6.45) is -0.774. The molecule has 14 heteroatoms. The summed E-state index contributed by atoms with van der Waals surface area (Å²) in [6.45, 7) is 4.98. The molecule has 6 aromatic rings. The van der Waals surface area contributed by atoms with Crippen LogP contribution in [0.1, 0.15) is 55.6 Å². The fraction of sp³-hybridized carbons (Fsp3) is 0.170. The molecule has 0 radical (unpaired) electrons. The van der Waals surface area contributed by atoms with E-state index in [0.29, 0.717) is 13.2 Å². The molecule has 0 bridgehead atoms. The molecule has 0 heterocycles. The summed E-state index contributed by atoms with van der Waals surface area (Å²) < 4.78 is 42.1. The number of aryl methyl sites for hydroxylation is 2. The normalized spacial score (nSPS) is 11.6. The zero-order valence-corrected chi connectivity index (χ0v) is 34.8. The second-order valence-corrected chi connectivity index (χ2v) is 14.4. The highest BCUT2D eigenvalue weighted by Crippen LogP contribution is 2.45. The van der Waals surface area contributed by atoms with E-state index in [1.54, 1.807) is 26.2 Å². The maximum atomic E-state index is 11.3. The Hall–Kier alpha value is -7.00. The number of hydrogen-bond donors (Lipinski definition) is 6. The van der Waals surface area contributed by atoms with Crippen molar-refractivity contribution in [3.05, 3.63) is 185 Å². The lowest BCUT2D eigenvalue weighted by Crippen LogP contribution is -2.21. The van der Waals surface area contributed by atoms with Gasteiger partial charge in [0.1, 0.15) is 24.5 Å². The van der Waals surface area contributed by atoms with Crippen molar-refractivity contribution in [3.8, 4) is 28.0 Å². The monoisotopic (exact) mass is 848 g/mol. The number of para-hydroxylation sites is 1. The zero-order valence-electron chi connectivity index (χ0n) is 34.0. The summed E-state index contributed by atoms with van der Waals surface area (Å²) in [5.41, 5.74) is 12.5. The number of ether oxygens (including phenoxy) is 2. The van der Waals surface area contributed by atoms with E-state index in [9.17, 15) is 14.4 Å². The zero-order chi connectivity index (χ0) is 44.5. The average molecular weight is 849 g/mol. The number of carbonyl (C=O) groups is 3. The third-order valence-electron chi connectivity index (χ3n) is 9.66. The van der Waals surface area contributed by atoms with E-state index >= 15 is 0 Å². The molecule has 0 aromatic heterocycles. The number of benzene rings is 6. The highest BCUT2D eigenvalue weighted by molar-refractivity contribution is 7.79. The van der Waals surface area contributed by atoms with E-state index in [-0.39, 0.29) is 35.3 Å². The van der Waals surface area contributed by atoms with E-state index in [1.165, 1.54) is 67.8 Å². The van der Waals surface area contributed by atoms with E-state index in [2.05, 4.69) is 97.3 Å². The van der Waals surface area contributed by atoms with Crippen molar-refractivity contribution in [3.63, 3.8) is 0 Å². The Morgan fingerprint density at radius 2 is 0.803 bits per heavy atom. The standard InChI is InChI=1S/2C16H15NO2.C8H10.C7H6O3.H2O4S/c2*1-17-16(18)19-10-15-13-8-4-2-6-11(13)12-7-3-5-9-14(12)15;1-7-5-3-4-6-8(7)2;8-6-4-2-1-3-5(6)7(9)10;1-5(2,3)4/h2*2-9,15H,10H2,1H3,(H,17,18);3-6H,1-2H3;1-4,8H,(H,9,10);(H2,1,2,3,4). The van der Waals surface area contributed by atoms with Crippen LogP contribution >= 0.6 is 0 Å². The topological polar surface area (TPSA) is 209 Å². The van der Waals surface area contributed by atoms with Crippen LogP contribution in [0, 0.1) is 13.8 Å². The minimum Gasteiger partial charge on any atom is -0.507 e. The summed E-state index contributed by atoms with van der Waals surface area (Å²) in [4.78, 5) is 32.8. The predicted octanol–water partition coefficient (Wildman–Crippen LogP) is 9.05. The molecule has 2 amide bonds. The molecule has 6 aromatic carbocycles. The third-order valence-corrected chi connectivity index (χ3v) is 9.66. The Morgan fingerprint density at radius 3 is 1.07 bits per heavy atom. The SMILES string of the molecule is CNC(=O)OCC1c2ccccc2-c2ccccc21.CNC(=O)OCC1c2ccccc2-c2ccccc21.Cc1ccccc1C.O=C(O)c1ccccc1O.O=S(=O)(O)O. The molecule has 0 unspecified atom stereocenters. The maximum Gasteiger partial charge on any atom is 0.406 e. The Bertz CT molecular complexity index is 2310. The van der Waals surface area contributed by atoms with Crippen molar-refractivity contribution in [2.75, 3.05) is 27.3 Å². The van der Waals surface area contributed by atoms with Gasteiger partial charge in [0.15, 0.2) is 0 Å². The second kappa shape index (κ2) is 22.4. The Morgan fingerprint density at radius 1 is 0.525 bits per heavy atom.